The molecule has 0 spiro atoms. The van der Waals surface area contributed by atoms with E-state index in [9.17, 15) is 14.4 Å². The van der Waals surface area contributed by atoms with Crippen molar-refractivity contribution in [1.82, 2.24) is 4.90 Å². The summed E-state index contributed by atoms with van der Waals surface area (Å²) in [6.07, 6.45) is 1.41. The number of carbonyl (C=O) groups excluding carboxylic acids is 3. The quantitative estimate of drug-likeness (QED) is 0.429. The average Bonchev–Trinajstić information content (AvgIpc) is 2.52. The van der Waals surface area contributed by atoms with Crippen LogP contribution in [0, 0.1) is 0 Å². The summed E-state index contributed by atoms with van der Waals surface area (Å²) in [5, 5.41) is 0. The Morgan fingerprint density at radius 1 is 1.28 bits per heavy atom. The van der Waals surface area contributed by atoms with Crippen LogP contribution in [0.2, 0.25) is 0 Å². The van der Waals surface area contributed by atoms with E-state index in [0.717, 1.165) is 0 Å². The molecule has 0 aromatic rings. The van der Waals surface area contributed by atoms with Crippen molar-refractivity contribution >= 4 is 17.8 Å². The van der Waals surface area contributed by atoms with Gasteiger partial charge in [-0.1, -0.05) is 0 Å². The van der Waals surface area contributed by atoms with Gasteiger partial charge in [-0.05, 0) is 33.8 Å². The van der Waals surface area contributed by atoms with Crippen LogP contribution < -0.4 is 0 Å². The van der Waals surface area contributed by atoms with Crippen molar-refractivity contribution in [3.05, 3.63) is 22.8 Å². The van der Waals surface area contributed by atoms with Gasteiger partial charge in [0, 0.05) is 22.8 Å². The number of hydrogen-bond donors (Lipinski definition) is 0. The topological polar surface area (TPSA) is 63.7 Å². The number of ether oxygens (including phenoxy) is 1. The number of hydrogen-bond acceptors (Lipinski definition) is 4. The summed E-state index contributed by atoms with van der Waals surface area (Å²) >= 11 is 0. The van der Waals surface area contributed by atoms with Gasteiger partial charge in [0.1, 0.15) is 0 Å². The second kappa shape index (κ2) is 5.16. The maximum absolute atomic E-state index is 12.1. The predicted octanol–water partition coefficient (Wildman–Crippen LogP) is 1.20. The first-order chi connectivity index (χ1) is 8.31. The van der Waals surface area contributed by atoms with Gasteiger partial charge >= 0.3 is 5.97 Å². The van der Waals surface area contributed by atoms with Gasteiger partial charge in [0.25, 0.3) is 11.8 Å². The molecule has 0 N–H and O–H groups in total. The third-order valence-corrected chi connectivity index (χ3v) is 2.78. The van der Waals surface area contributed by atoms with E-state index in [-0.39, 0.29) is 23.4 Å². The highest BCUT2D eigenvalue weighted by Crippen LogP contribution is 2.24. The number of methoxy groups -OCH3 is 1. The van der Waals surface area contributed by atoms with Crippen molar-refractivity contribution < 1.29 is 19.1 Å². The third-order valence-electron chi connectivity index (χ3n) is 2.78. The summed E-state index contributed by atoms with van der Waals surface area (Å²) < 4.78 is 4.55. The van der Waals surface area contributed by atoms with E-state index in [1.165, 1.54) is 18.1 Å². The van der Waals surface area contributed by atoms with E-state index in [0.29, 0.717) is 11.1 Å². The first-order valence-corrected chi connectivity index (χ1v) is 5.66. The molecule has 5 heteroatoms. The van der Waals surface area contributed by atoms with Gasteiger partial charge in [0.2, 0.25) is 0 Å². The molecule has 0 aliphatic carbocycles. The number of nitrogens with zero attached hydrogens (tertiary/aromatic N) is 1. The Bertz CT molecular complexity index is 471. The summed E-state index contributed by atoms with van der Waals surface area (Å²) in [7, 11) is 1.27. The van der Waals surface area contributed by atoms with Crippen LogP contribution in [0.15, 0.2) is 22.8 Å². The number of imide groups is 1. The zero-order chi connectivity index (χ0) is 14.0. The fourth-order valence-corrected chi connectivity index (χ4v) is 1.75. The number of carbonyl (C=O) groups is 3. The lowest BCUT2D eigenvalue weighted by molar-refractivity contribution is -0.139. The van der Waals surface area contributed by atoms with Crippen molar-refractivity contribution in [1.29, 1.82) is 0 Å². The fourth-order valence-electron chi connectivity index (χ4n) is 1.75. The van der Waals surface area contributed by atoms with E-state index < -0.39 is 5.97 Å². The van der Waals surface area contributed by atoms with Gasteiger partial charge < -0.3 is 4.74 Å². The summed E-state index contributed by atoms with van der Waals surface area (Å²) in [6, 6.07) is -0.204. The standard InChI is InChI=1S/C13H17NO4/c1-7(2)14-11(15)9(4)10(12(14)16)6-8(3)13(17)18-5/h6-7H,1-5H3/b8-6+. The van der Waals surface area contributed by atoms with Crippen LogP contribution in [0.25, 0.3) is 0 Å². The van der Waals surface area contributed by atoms with Crippen molar-refractivity contribution in [3.63, 3.8) is 0 Å². The van der Waals surface area contributed by atoms with Crippen LogP contribution in [-0.4, -0.2) is 35.8 Å². The monoisotopic (exact) mass is 251 g/mol. The van der Waals surface area contributed by atoms with Crippen LogP contribution in [0.3, 0.4) is 0 Å². The molecule has 0 atom stereocenters. The Labute approximate surface area is 106 Å². The molecule has 18 heavy (non-hydrogen) atoms. The maximum Gasteiger partial charge on any atom is 0.333 e. The van der Waals surface area contributed by atoms with Crippen molar-refractivity contribution in [2.75, 3.05) is 7.11 Å². The average molecular weight is 251 g/mol. The van der Waals surface area contributed by atoms with Crippen molar-refractivity contribution in [3.8, 4) is 0 Å². The molecule has 2 amide bonds. The summed E-state index contributed by atoms with van der Waals surface area (Å²) in [4.78, 5) is 36.4. The lowest BCUT2D eigenvalue weighted by atomic mass is 10.1. The van der Waals surface area contributed by atoms with Crippen LogP contribution in [0.5, 0.6) is 0 Å². The number of amides is 2. The lowest BCUT2D eigenvalue weighted by Gasteiger charge is -2.18. The molecule has 0 unspecified atom stereocenters. The molecule has 1 heterocycles. The first kappa shape index (κ1) is 14.2. The lowest BCUT2D eigenvalue weighted by Crippen LogP contribution is -2.37. The molecule has 0 bridgehead atoms. The molecule has 1 aliphatic heterocycles. The van der Waals surface area contributed by atoms with Gasteiger partial charge in [0.05, 0.1) is 7.11 Å². The first-order valence-electron chi connectivity index (χ1n) is 5.66. The Morgan fingerprint density at radius 2 is 1.83 bits per heavy atom. The summed E-state index contributed by atoms with van der Waals surface area (Å²) in [5.41, 5.74) is 0.909. The van der Waals surface area contributed by atoms with E-state index in [1.54, 1.807) is 27.7 Å². The van der Waals surface area contributed by atoms with Gasteiger partial charge in [-0.3, -0.25) is 14.5 Å². The van der Waals surface area contributed by atoms with E-state index in [2.05, 4.69) is 4.74 Å². The Morgan fingerprint density at radius 3 is 2.22 bits per heavy atom. The largest absolute Gasteiger partial charge is 0.466 e. The Hall–Kier alpha value is -1.91. The molecule has 1 aliphatic rings. The molecule has 0 radical (unpaired) electrons. The summed E-state index contributed by atoms with van der Waals surface area (Å²) in [5.74, 6) is -1.19. The highest BCUT2D eigenvalue weighted by molar-refractivity contribution is 6.21. The van der Waals surface area contributed by atoms with Crippen molar-refractivity contribution in [2.24, 2.45) is 0 Å². The SMILES string of the molecule is COC(=O)/C(C)=C/C1=C(C)C(=O)N(C(C)C)C1=O. The van der Waals surface area contributed by atoms with E-state index >= 15 is 0 Å². The van der Waals surface area contributed by atoms with Crippen LogP contribution in [-0.2, 0) is 19.1 Å². The Kier molecular flexibility index (Phi) is 4.06. The van der Waals surface area contributed by atoms with Gasteiger partial charge in [0.15, 0.2) is 0 Å². The second-order valence-electron chi connectivity index (χ2n) is 4.43. The van der Waals surface area contributed by atoms with Gasteiger partial charge in [-0.15, -0.1) is 0 Å². The Balaban J connectivity index is 3.14. The fraction of sp³-hybridized carbons (Fsp3) is 0.462. The molecule has 0 saturated carbocycles. The minimum atomic E-state index is -0.515. The third kappa shape index (κ3) is 2.34. The molecular formula is C13H17NO4. The molecule has 98 valence electrons. The van der Waals surface area contributed by atoms with Crippen LogP contribution in [0.1, 0.15) is 27.7 Å². The zero-order valence-corrected chi connectivity index (χ0v) is 11.2. The predicted molar refractivity (Wildman–Crippen MR) is 65.5 cm³/mol. The van der Waals surface area contributed by atoms with Crippen molar-refractivity contribution in [2.45, 2.75) is 33.7 Å². The van der Waals surface area contributed by atoms with Gasteiger partial charge in [-0.25, -0.2) is 4.79 Å². The molecule has 0 saturated heterocycles. The molecular weight excluding hydrogens is 234 g/mol. The highest BCUT2D eigenvalue weighted by atomic mass is 16.5. The second-order valence-corrected chi connectivity index (χ2v) is 4.43. The molecule has 5 nitrogen and oxygen atoms in total. The molecule has 1 rings (SSSR count). The molecule has 0 fully saturated rings. The minimum Gasteiger partial charge on any atom is -0.466 e. The zero-order valence-electron chi connectivity index (χ0n) is 11.2. The van der Waals surface area contributed by atoms with Gasteiger partial charge in [-0.2, -0.15) is 0 Å². The maximum atomic E-state index is 12.1. The minimum absolute atomic E-state index is 0.204. The van der Waals surface area contributed by atoms with E-state index in [1.807, 2.05) is 0 Å². The molecule has 0 aromatic heterocycles. The van der Waals surface area contributed by atoms with Crippen LogP contribution >= 0.6 is 0 Å². The van der Waals surface area contributed by atoms with E-state index in [4.69, 9.17) is 0 Å². The van der Waals surface area contributed by atoms with Crippen LogP contribution in [0.4, 0.5) is 0 Å². The normalized spacial score (nSPS) is 17.0. The molecule has 0 aromatic carbocycles. The number of esters is 1. The number of rotatable bonds is 3. The summed E-state index contributed by atoms with van der Waals surface area (Å²) in [6.45, 7) is 6.66. The smallest absolute Gasteiger partial charge is 0.333 e. The highest BCUT2D eigenvalue weighted by Gasteiger charge is 2.36.